The second kappa shape index (κ2) is 18.5. The van der Waals surface area contributed by atoms with E-state index in [1.165, 1.54) is 79.2 Å². The van der Waals surface area contributed by atoms with E-state index in [0.717, 1.165) is 12.8 Å². The predicted octanol–water partition coefficient (Wildman–Crippen LogP) is 10.0. The summed E-state index contributed by atoms with van der Waals surface area (Å²) < 4.78 is 0. The highest BCUT2D eigenvalue weighted by molar-refractivity contribution is 5.07. The van der Waals surface area contributed by atoms with Crippen LogP contribution >= 0.6 is 0 Å². The van der Waals surface area contributed by atoms with Crippen LogP contribution in [0.15, 0.2) is 64.3 Å². The molecule has 29 heavy (non-hydrogen) atoms. The SMILES string of the molecule is C/[C]=C/CC/C(C)=C/CC/C(C)=C/CC/C=C(\C)CC/C=C(\C)CCC=C(C)C. The Labute approximate surface area is 183 Å². The lowest BCUT2D eigenvalue weighted by atomic mass is 10.0. The molecule has 0 heteroatoms. The average molecular weight is 396 g/mol. The number of rotatable bonds is 15. The van der Waals surface area contributed by atoms with Crippen molar-refractivity contribution >= 4 is 0 Å². The molecule has 0 fully saturated rings. The normalized spacial score (nSPS) is 14.0. The van der Waals surface area contributed by atoms with Gasteiger partial charge in [0.25, 0.3) is 0 Å². The third-order valence-electron chi connectivity index (χ3n) is 5.19. The van der Waals surface area contributed by atoms with Crippen molar-refractivity contribution in [2.45, 2.75) is 113 Å². The highest BCUT2D eigenvalue weighted by Crippen LogP contribution is 2.14. The Morgan fingerprint density at radius 2 is 0.828 bits per heavy atom. The molecule has 0 N–H and O–H groups in total. The lowest BCUT2D eigenvalue weighted by Crippen LogP contribution is -1.82. The molecule has 0 aromatic rings. The van der Waals surface area contributed by atoms with Crippen molar-refractivity contribution in [2.75, 3.05) is 0 Å². The standard InChI is InChI=1S/C29H47/c1-8-9-10-17-26(4)21-14-22-27(5)18-11-12-19-28(6)23-15-24-29(7)20-13-16-25(2)3/h9,16,18-19,21,24H,10-15,17,20,22-23H2,1-7H3/b9-8?,26-21+,27-18+,28-19+,29-24+. The molecule has 163 valence electrons. The summed E-state index contributed by atoms with van der Waals surface area (Å²) in [5.41, 5.74) is 7.51. The number of allylic oxidation sites excluding steroid dienone is 12. The molecule has 0 saturated carbocycles. The van der Waals surface area contributed by atoms with E-state index >= 15 is 0 Å². The third-order valence-corrected chi connectivity index (χ3v) is 5.19. The molecule has 0 heterocycles. The molecule has 0 aliphatic heterocycles. The van der Waals surface area contributed by atoms with Crippen LogP contribution in [0.25, 0.3) is 0 Å². The highest BCUT2D eigenvalue weighted by Gasteiger charge is 1.94. The van der Waals surface area contributed by atoms with Crippen molar-refractivity contribution in [1.29, 1.82) is 0 Å². The minimum absolute atomic E-state index is 1.12. The minimum atomic E-state index is 1.12. The topological polar surface area (TPSA) is 0 Å². The van der Waals surface area contributed by atoms with Crippen molar-refractivity contribution in [1.82, 2.24) is 0 Å². The summed E-state index contributed by atoms with van der Waals surface area (Å²) in [5.74, 6) is 0. The Kier molecular flexibility index (Phi) is 17.5. The van der Waals surface area contributed by atoms with Gasteiger partial charge < -0.3 is 0 Å². The van der Waals surface area contributed by atoms with Crippen molar-refractivity contribution in [2.24, 2.45) is 0 Å². The monoisotopic (exact) mass is 395 g/mol. The van der Waals surface area contributed by atoms with Gasteiger partial charge in [0, 0.05) is 0 Å². The van der Waals surface area contributed by atoms with Crippen LogP contribution in [0.1, 0.15) is 113 Å². The Morgan fingerprint density at radius 1 is 0.483 bits per heavy atom. The van der Waals surface area contributed by atoms with E-state index < -0.39 is 0 Å². The van der Waals surface area contributed by atoms with Gasteiger partial charge in [0.1, 0.15) is 0 Å². The van der Waals surface area contributed by atoms with Gasteiger partial charge in [-0.1, -0.05) is 70.4 Å². The average Bonchev–Trinajstić information content (AvgIpc) is 2.65. The molecule has 0 aromatic carbocycles. The Balaban J connectivity index is 4.02. The van der Waals surface area contributed by atoms with E-state index in [1.807, 2.05) is 6.92 Å². The fourth-order valence-corrected chi connectivity index (χ4v) is 3.19. The first-order valence-corrected chi connectivity index (χ1v) is 11.6. The van der Waals surface area contributed by atoms with E-state index in [4.69, 9.17) is 0 Å². The molecule has 0 atom stereocenters. The summed E-state index contributed by atoms with van der Waals surface area (Å²) in [6.07, 6.45) is 28.9. The van der Waals surface area contributed by atoms with E-state index in [1.54, 1.807) is 0 Å². The fraction of sp³-hybridized carbons (Fsp3) is 0.586. The Morgan fingerprint density at radius 3 is 1.21 bits per heavy atom. The number of hydrogen-bond acceptors (Lipinski definition) is 0. The van der Waals surface area contributed by atoms with Gasteiger partial charge >= 0.3 is 0 Å². The van der Waals surface area contributed by atoms with Gasteiger partial charge in [0.15, 0.2) is 0 Å². The Hall–Kier alpha value is -1.56. The van der Waals surface area contributed by atoms with Crippen LogP contribution in [0.3, 0.4) is 0 Å². The van der Waals surface area contributed by atoms with Crippen molar-refractivity contribution in [3.05, 3.63) is 70.4 Å². The summed E-state index contributed by atoms with van der Waals surface area (Å²) in [7, 11) is 0. The van der Waals surface area contributed by atoms with Gasteiger partial charge in [-0.25, -0.2) is 0 Å². The molecular formula is C29H47. The zero-order valence-corrected chi connectivity index (χ0v) is 20.5. The molecule has 0 aromatic heterocycles. The van der Waals surface area contributed by atoms with E-state index in [2.05, 4.69) is 84.1 Å². The lowest BCUT2D eigenvalue weighted by Gasteiger charge is -2.02. The van der Waals surface area contributed by atoms with Gasteiger partial charge in [-0.3, -0.25) is 0 Å². The second-order valence-corrected chi connectivity index (χ2v) is 8.71. The summed E-state index contributed by atoms with van der Waals surface area (Å²) in [6.45, 7) is 15.4. The molecule has 0 rings (SSSR count). The van der Waals surface area contributed by atoms with E-state index in [9.17, 15) is 0 Å². The highest BCUT2D eigenvalue weighted by atomic mass is 14.0. The van der Waals surface area contributed by atoms with Crippen LogP contribution in [0, 0.1) is 6.08 Å². The van der Waals surface area contributed by atoms with E-state index in [-0.39, 0.29) is 0 Å². The molecule has 0 saturated heterocycles. The molecule has 0 spiro atoms. The second-order valence-electron chi connectivity index (χ2n) is 8.71. The first kappa shape index (κ1) is 27.4. The Bertz CT molecular complexity index is 598. The van der Waals surface area contributed by atoms with Crippen LogP contribution < -0.4 is 0 Å². The number of hydrogen-bond donors (Lipinski definition) is 0. The molecule has 1 radical (unpaired) electrons. The molecule has 0 nitrogen and oxygen atoms in total. The lowest BCUT2D eigenvalue weighted by molar-refractivity contribution is 0.896. The molecule has 0 aliphatic rings. The van der Waals surface area contributed by atoms with Crippen LogP contribution in [-0.2, 0) is 0 Å². The minimum Gasteiger partial charge on any atom is -0.0856 e. The van der Waals surface area contributed by atoms with Crippen molar-refractivity contribution in [3.63, 3.8) is 0 Å². The number of unbranched alkanes of at least 4 members (excludes halogenated alkanes) is 1. The maximum Gasteiger partial charge on any atom is -0.0288 e. The first-order chi connectivity index (χ1) is 13.8. The van der Waals surface area contributed by atoms with Crippen LogP contribution in [0.4, 0.5) is 0 Å². The summed E-state index contributed by atoms with van der Waals surface area (Å²) in [6, 6.07) is 0. The van der Waals surface area contributed by atoms with Crippen LogP contribution in [-0.4, -0.2) is 0 Å². The smallest absolute Gasteiger partial charge is 0.0288 e. The van der Waals surface area contributed by atoms with Crippen LogP contribution in [0.2, 0.25) is 0 Å². The fourth-order valence-electron chi connectivity index (χ4n) is 3.19. The van der Waals surface area contributed by atoms with Crippen molar-refractivity contribution < 1.29 is 0 Å². The summed E-state index contributed by atoms with van der Waals surface area (Å²) in [5, 5.41) is 0. The zero-order valence-electron chi connectivity index (χ0n) is 20.5. The maximum absolute atomic E-state index is 3.09. The van der Waals surface area contributed by atoms with Gasteiger partial charge in [-0.05, 0) is 113 Å². The third kappa shape index (κ3) is 19.5. The van der Waals surface area contributed by atoms with Crippen LogP contribution in [0.5, 0.6) is 0 Å². The largest absolute Gasteiger partial charge is 0.0856 e. The van der Waals surface area contributed by atoms with E-state index in [0.29, 0.717) is 0 Å². The molecule has 0 bridgehead atoms. The van der Waals surface area contributed by atoms with Gasteiger partial charge in [0.05, 0.1) is 0 Å². The first-order valence-electron chi connectivity index (χ1n) is 11.6. The molecular weight excluding hydrogens is 348 g/mol. The predicted molar refractivity (Wildman–Crippen MR) is 134 cm³/mol. The quantitative estimate of drug-likeness (QED) is 0.191. The molecule has 0 aliphatic carbocycles. The molecule has 0 amide bonds. The summed E-state index contributed by atoms with van der Waals surface area (Å²) in [4.78, 5) is 0. The molecule has 0 unspecified atom stereocenters. The van der Waals surface area contributed by atoms with Crippen molar-refractivity contribution in [3.8, 4) is 0 Å². The van der Waals surface area contributed by atoms with Gasteiger partial charge in [0.2, 0.25) is 0 Å². The summed E-state index contributed by atoms with van der Waals surface area (Å²) >= 11 is 0. The van der Waals surface area contributed by atoms with Gasteiger partial charge in [-0.2, -0.15) is 0 Å². The maximum atomic E-state index is 3.09. The van der Waals surface area contributed by atoms with Gasteiger partial charge in [-0.15, -0.1) is 0 Å². The zero-order chi connectivity index (χ0) is 21.9.